The van der Waals surface area contributed by atoms with Gasteiger partial charge in [0.05, 0.1) is 6.61 Å². The fourth-order valence-corrected chi connectivity index (χ4v) is 0.808. The molecule has 52 valence electrons. The first kappa shape index (κ1) is 7.64. The molecule has 0 heterocycles. The van der Waals surface area contributed by atoms with E-state index in [0.29, 0.717) is 6.61 Å². The summed E-state index contributed by atoms with van der Waals surface area (Å²) in [7, 11) is 0. The van der Waals surface area contributed by atoms with Gasteiger partial charge in [0.2, 0.25) is 0 Å². The maximum Gasteiger partial charge on any atom is 0.380 e. The lowest BCUT2D eigenvalue weighted by Gasteiger charge is -1.97. The van der Waals surface area contributed by atoms with Crippen LogP contribution in [0, 0.1) is 0 Å². The SMILES string of the molecule is ClBOCc1ccccc1. The molecule has 1 rings (SSSR count). The van der Waals surface area contributed by atoms with Gasteiger partial charge in [0.25, 0.3) is 0 Å². The average Bonchev–Trinajstić information content (AvgIpc) is 2.03. The maximum absolute atomic E-state index is 5.33. The third kappa shape index (κ3) is 2.42. The minimum atomic E-state index is 0.259. The summed E-state index contributed by atoms with van der Waals surface area (Å²) in [5.41, 5.74) is 1.16. The molecule has 0 N–H and O–H groups in total. The molecule has 1 nitrogen and oxygen atoms in total. The zero-order valence-electron chi connectivity index (χ0n) is 5.59. The summed E-state index contributed by atoms with van der Waals surface area (Å²) in [5, 5.41) is 0. The summed E-state index contributed by atoms with van der Waals surface area (Å²) in [6.45, 7) is 0.860. The van der Waals surface area contributed by atoms with Crippen LogP contribution in [-0.2, 0) is 11.3 Å². The zero-order valence-corrected chi connectivity index (χ0v) is 6.34. The molecule has 0 saturated carbocycles. The third-order valence-electron chi connectivity index (χ3n) is 1.19. The van der Waals surface area contributed by atoms with Crippen LogP contribution in [0.25, 0.3) is 0 Å². The number of benzene rings is 1. The van der Waals surface area contributed by atoms with Crippen molar-refractivity contribution in [3.05, 3.63) is 35.9 Å². The average molecular weight is 154 g/mol. The van der Waals surface area contributed by atoms with Crippen molar-refractivity contribution in [3.8, 4) is 0 Å². The molecule has 0 aromatic heterocycles. The second kappa shape index (κ2) is 4.37. The molecular formula is C7H8BClO. The summed E-state index contributed by atoms with van der Waals surface area (Å²) in [6.07, 6.45) is 0. The minimum absolute atomic E-state index is 0.259. The van der Waals surface area contributed by atoms with Gasteiger partial charge in [0.1, 0.15) is 0 Å². The van der Waals surface area contributed by atoms with E-state index in [9.17, 15) is 0 Å². The quantitative estimate of drug-likeness (QED) is 0.602. The van der Waals surface area contributed by atoms with Gasteiger partial charge >= 0.3 is 6.90 Å². The second-order valence-electron chi connectivity index (χ2n) is 1.94. The standard InChI is InChI=1S/C7H8BClO/c9-8-10-6-7-4-2-1-3-5-7/h1-5,8H,6H2. The van der Waals surface area contributed by atoms with Gasteiger partial charge in [-0.3, -0.25) is 0 Å². The predicted octanol–water partition coefficient (Wildman–Crippen LogP) is 1.71. The summed E-state index contributed by atoms with van der Waals surface area (Å²) in [5.74, 6) is 0. The highest BCUT2D eigenvalue weighted by molar-refractivity contribution is 6.89. The molecule has 0 fully saturated rings. The van der Waals surface area contributed by atoms with Gasteiger partial charge in [0, 0.05) is 0 Å². The topological polar surface area (TPSA) is 9.23 Å². The van der Waals surface area contributed by atoms with Crippen LogP contribution in [-0.4, -0.2) is 6.90 Å². The van der Waals surface area contributed by atoms with E-state index in [1.807, 2.05) is 30.3 Å². The van der Waals surface area contributed by atoms with E-state index in [2.05, 4.69) is 0 Å². The molecule has 1 aromatic rings. The predicted molar refractivity (Wildman–Crippen MR) is 44.2 cm³/mol. The van der Waals surface area contributed by atoms with Gasteiger partial charge < -0.3 is 4.65 Å². The first-order chi connectivity index (χ1) is 4.93. The number of hydrogen-bond acceptors (Lipinski definition) is 1. The monoisotopic (exact) mass is 154 g/mol. The highest BCUT2D eigenvalue weighted by atomic mass is 35.5. The van der Waals surface area contributed by atoms with Crippen LogP contribution >= 0.6 is 11.5 Å². The summed E-state index contributed by atoms with van der Waals surface area (Å²) >= 11 is 5.33. The Labute approximate surface area is 66.2 Å². The molecule has 0 aliphatic rings. The van der Waals surface area contributed by atoms with Gasteiger partial charge in [-0.15, -0.1) is 0 Å². The van der Waals surface area contributed by atoms with E-state index in [1.54, 1.807) is 0 Å². The molecule has 0 aliphatic heterocycles. The molecule has 10 heavy (non-hydrogen) atoms. The molecule has 1 aromatic carbocycles. The first-order valence-corrected chi connectivity index (χ1v) is 3.64. The van der Waals surface area contributed by atoms with Crippen molar-refractivity contribution in [2.24, 2.45) is 0 Å². The van der Waals surface area contributed by atoms with Crippen LogP contribution in [0.3, 0.4) is 0 Å². The molecule has 0 atom stereocenters. The third-order valence-corrected chi connectivity index (χ3v) is 1.34. The van der Waals surface area contributed by atoms with Gasteiger partial charge in [-0.05, 0) is 5.56 Å². The van der Waals surface area contributed by atoms with Crippen molar-refractivity contribution in [2.45, 2.75) is 6.61 Å². The summed E-state index contributed by atoms with van der Waals surface area (Å²) in [6, 6.07) is 9.95. The summed E-state index contributed by atoms with van der Waals surface area (Å²) in [4.78, 5) is 0. The highest BCUT2D eigenvalue weighted by Gasteiger charge is 1.88. The van der Waals surface area contributed by atoms with Gasteiger partial charge in [-0.1, -0.05) is 30.3 Å². The zero-order chi connectivity index (χ0) is 7.23. The van der Waals surface area contributed by atoms with Crippen molar-refractivity contribution in [2.75, 3.05) is 0 Å². The Balaban J connectivity index is 2.43. The van der Waals surface area contributed by atoms with Crippen LogP contribution in [0.15, 0.2) is 30.3 Å². The van der Waals surface area contributed by atoms with Crippen LogP contribution in [0.2, 0.25) is 0 Å². The molecule has 0 saturated heterocycles. The van der Waals surface area contributed by atoms with Gasteiger partial charge in [-0.25, -0.2) is 0 Å². The fourth-order valence-electron chi connectivity index (χ4n) is 0.731. The molecule has 3 heteroatoms. The molecule has 0 unspecified atom stereocenters. The lowest BCUT2D eigenvalue weighted by molar-refractivity contribution is 0.334. The Hall–Kier alpha value is -0.465. The van der Waals surface area contributed by atoms with Crippen molar-refractivity contribution < 1.29 is 4.65 Å². The number of halogens is 1. The number of hydrogen-bond donors (Lipinski definition) is 0. The van der Waals surface area contributed by atoms with E-state index in [4.69, 9.17) is 16.1 Å². The molecule has 0 aliphatic carbocycles. The smallest absolute Gasteiger partial charge is 0.380 e. The number of rotatable bonds is 3. The lowest BCUT2D eigenvalue weighted by Crippen LogP contribution is -1.91. The minimum Gasteiger partial charge on any atom is -0.420 e. The fraction of sp³-hybridized carbons (Fsp3) is 0.143. The molecular weight excluding hydrogens is 146 g/mol. The normalized spacial score (nSPS) is 9.30. The Morgan fingerprint density at radius 3 is 2.60 bits per heavy atom. The van der Waals surface area contributed by atoms with Crippen LogP contribution < -0.4 is 0 Å². The summed E-state index contributed by atoms with van der Waals surface area (Å²) < 4.78 is 4.98. The second-order valence-corrected chi connectivity index (χ2v) is 2.16. The van der Waals surface area contributed by atoms with Gasteiger partial charge in [0.15, 0.2) is 0 Å². The Morgan fingerprint density at radius 1 is 1.30 bits per heavy atom. The Bertz CT molecular complexity index is 178. The Morgan fingerprint density at radius 2 is 2.00 bits per heavy atom. The van der Waals surface area contributed by atoms with Crippen LogP contribution in [0.5, 0.6) is 0 Å². The lowest BCUT2D eigenvalue weighted by atomic mass is 10.2. The van der Waals surface area contributed by atoms with Crippen molar-refractivity contribution >= 4 is 18.4 Å². The molecule has 0 bridgehead atoms. The Kier molecular flexibility index (Phi) is 3.34. The first-order valence-electron chi connectivity index (χ1n) is 3.11. The largest absolute Gasteiger partial charge is 0.420 e. The van der Waals surface area contributed by atoms with E-state index in [1.165, 1.54) is 0 Å². The van der Waals surface area contributed by atoms with E-state index in [0.717, 1.165) is 5.56 Å². The van der Waals surface area contributed by atoms with Crippen molar-refractivity contribution in [1.29, 1.82) is 0 Å². The highest BCUT2D eigenvalue weighted by Crippen LogP contribution is 1.99. The van der Waals surface area contributed by atoms with E-state index < -0.39 is 0 Å². The molecule has 0 spiro atoms. The van der Waals surface area contributed by atoms with Gasteiger partial charge in [-0.2, -0.15) is 11.5 Å². The molecule has 0 radical (unpaired) electrons. The van der Waals surface area contributed by atoms with Crippen LogP contribution in [0.4, 0.5) is 0 Å². The van der Waals surface area contributed by atoms with Crippen LogP contribution in [0.1, 0.15) is 5.56 Å². The van der Waals surface area contributed by atoms with E-state index >= 15 is 0 Å². The van der Waals surface area contributed by atoms with E-state index in [-0.39, 0.29) is 6.90 Å². The molecule has 0 amide bonds. The van der Waals surface area contributed by atoms with Crippen molar-refractivity contribution in [1.82, 2.24) is 0 Å². The van der Waals surface area contributed by atoms with Crippen molar-refractivity contribution in [3.63, 3.8) is 0 Å². The maximum atomic E-state index is 5.33.